The van der Waals surface area contributed by atoms with Crippen molar-refractivity contribution in [2.24, 2.45) is 0 Å². The lowest BCUT2D eigenvalue weighted by Gasteiger charge is -2.17. The summed E-state index contributed by atoms with van der Waals surface area (Å²) in [6.07, 6.45) is 0.912. The third-order valence-electron chi connectivity index (χ3n) is 3.07. The Morgan fingerprint density at radius 2 is 2.35 bits per heavy atom. The van der Waals surface area contributed by atoms with Crippen molar-refractivity contribution in [2.75, 3.05) is 20.1 Å². The molecule has 5 heteroatoms. The topological polar surface area (TPSA) is 32.3 Å². The highest BCUT2D eigenvalue weighted by Gasteiger charge is 2.27. The number of hydrogen-bond donors (Lipinski definition) is 1. The van der Waals surface area contributed by atoms with Gasteiger partial charge in [0.15, 0.2) is 0 Å². The van der Waals surface area contributed by atoms with Crippen molar-refractivity contribution < 1.29 is 9.18 Å². The number of nitrogens with zero attached hydrogens (tertiary/aromatic N) is 1. The van der Waals surface area contributed by atoms with Crippen LogP contribution in [0.2, 0.25) is 5.02 Å². The largest absolute Gasteiger partial charge is 0.337 e. The maximum atomic E-state index is 13.3. The molecule has 1 heterocycles. The van der Waals surface area contributed by atoms with Gasteiger partial charge >= 0.3 is 0 Å². The molecule has 1 amide bonds. The van der Waals surface area contributed by atoms with E-state index in [1.807, 2.05) is 7.05 Å². The Balaban J connectivity index is 2.18. The number of rotatable bonds is 2. The molecule has 1 atom stereocenters. The van der Waals surface area contributed by atoms with Crippen molar-refractivity contribution in [3.8, 4) is 0 Å². The molecule has 1 aromatic rings. The zero-order chi connectivity index (χ0) is 12.4. The van der Waals surface area contributed by atoms with Crippen LogP contribution in [0.3, 0.4) is 0 Å². The highest BCUT2D eigenvalue weighted by molar-refractivity contribution is 6.34. The predicted molar refractivity (Wildman–Crippen MR) is 64.8 cm³/mol. The monoisotopic (exact) mass is 256 g/mol. The van der Waals surface area contributed by atoms with Crippen LogP contribution in [-0.4, -0.2) is 37.0 Å². The van der Waals surface area contributed by atoms with Crippen molar-refractivity contribution in [1.82, 2.24) is 10.2 Å². The van der Waals surface area contributed by atoms with E-state index in [0.717, 1.165) is 6.42 Å². The minimum Gasteiger partial charge on any atom is -0.337 e. The Bertz CT molecular complexity index is 439. The van der Waals surface area contributed by atoms with E-state index in [9.17, 15) is 9.18 Å². The first-order chi connectivity index (χ1) is 8.13. The standard InChI is InChI=1S/C12H14ClFN2O/c1-15-8-5-6-16(7-8)12(17)9-3-2-4-10(14)11(9)13/h2-4,8,15H,5-7H2,1H3/t8-/m1/s1. The molecule has 0 radical (unpaired) electrons. The van der Waals surface area contributed by atoms with Crippen LogP contribution < -0.4 is 5.32 Å². The summed E-state index contributed by atoms with van der Waals surface area (Å²) in [6, 6.07) is 4.62. The maximum absolute atomic E-state index is 13.3. The Kier molecular flexibility index (Phi) is 3.64. The minimum absolute atomic E-state index is 0.0922. The lowest BCUT2D eigenvalue weighted by molar-refractivity contribution is 0.0789. The van der Waals surface area contributed by atoms with Gasteiger partial charge in [-0.2, -0.15) is 0 Å². The van der Waals surface area contributed by atoms with Crippen molar-refractivity contribution in [3.05, 3.63) is 34.6 Å². The molecule has 1 N–H and O–H groups in total. The predicted octanol–water partition coefficient (Wildman–Crippen LogP) is 1.91. The first-order valence-electron chi connectivity index (χ1n) is 5.54. The highest BCUT2D eigenvalue weighted by atomic mass is 35.5. The zero-order valence-electron chi connectivity index (χ0n) is 9.54. The van der Waals surface area contributed by atoms with Gasteiger partial charge in [0.2, 0.25) is 0 Å². The van der Waals surface area contributed by atoms with Crippen LogP contribution in [0.1, 0.15) is 16.8 Å². The smallest absolute Gasteiger partial charge is 0.255 e. The molecule has 17 heavy (non-hydrogen) atoms. The summed E-state index contributed by atoms with van der Waals surface area (Å²) in [5.41, 5.74) is 0.239. The fraction of sp³-hybridized carbons (Fsp3) is 0.417. The van der Waals surface area contributed by atoms with Crippen LogP contribution in [0, 0.1) is 5.82 Å². The van der Waals surface area contributed by atoms with Crippen LogP contribution >= 0.6 is 11.6 Å². The van der Waals surface area contributed by atoms with Gasteiger partial charge in [0.05, 0.1) is 10.6 Å². The summed E-state index contributed by atoms with van der Waals surface area (Å²) in [5, 5.41) is 3.03. The Hall–Kier alpha value is -1.13. The first-order valence-corrected chi connectivity index (χ1v) is 5.92. The number of carbonyl (C=O) groups is 1. The molecule has 1 fully saturated rings. The second kappa shape index (κ2) is 5.02. The molecule has 1 saturated heterocycles. The molecule has 1 aliphatic heterocycles. The Labute approximate surface area is 105 Å². The van der Waals surface area contributed by atoms with Gasteiger partial charge in [0, 0.05) is 19.1 Å². The SMILES string of the molecule is CN[C@@H]1CCN(C(=O)c2cccc(F)c2Cl)C1. The Morgan fingerprint density at radius 1 is 1.59 bits per heavy atom. The van der Waals surface area contributed by atoms with Gasteiger partial charge in [-0.25, -0.2) is 4.39 Å². The molecular weight excluding hydrogens is 243 g/mol. The van der Waals surface area contributed by atoms with Crippen LogP contribution in [-0.2, 0) is 0 Å². The van der Waals surface area contributed by atoms with E-state index in [-0.39, 0.29) is 16.5 Å². The maximum Gasteiger partial charge on any atom is 0.255 e. The summed E-state index contributed by atoms with van der Waals surface area (Å²) >= 11 is 5.80. The van der Waals surface area contributed by atoms with Crippen LogP contribution in [0.25, 0.3) is 0 Å². The zero-order valence-corrected chi connectivity index (χ0v) is 10.3. The van der Waals surface area contributed by atoms with E-state index in [4.69, 9.17) is 11.6 Å². The lowest BCUT2D eigenvalue weighted by atomic mass is 10.2. The molecule has 0 saturated carbocycles. The number of nitrogens with one attached hydrogen (secondary N) is 1. The van der Waals surface area contributed by atoms with E-state index < -0.39 is 5.82 Å². The second-order valence-corrected chi connectivity index (χ2v) is 4.50. The molecule has 1 aliphatic rings. The van der Waals surface area contributed by atoms with Gasteiger partial charge < -0.3 is 10.2 Å². The van der Waals surface area contributed by atoms with Gasteiger partial charge in [0.1, 0.15) is 5.82 Å². The number of hydrogen-bond acceptors (Lipinski definition) is 2. The van der Waals surface area contributed by atoms with Crippen molar-refractivity contribution in [1.29, 1.82) is 0 Å². The molecule has 2 rings (SSSR count). The molecule has 0 spiro atoms. The summed E-state index contributed by atoms with van der Waals surface area (Å²) in [5.74, 6) is -0.755. The summed E-state index contributed by atoms with van der Waals surface area (Å²) in [7, 11) is 1.87. The van der Waals surface area contributed by atoms with E-state index in [2.05, 4.69) is 5.32 Å². The van der Waals surface area contributed by atoms with Gasteiger partial charge in [-0.1, -0.05) is 17.7 Å². The number of benzene rings is 1. The van der Waals surface area contributed by atoms with Gasteiger partial charge in [0.25, 0.3) is 5.91 Å². The van der Waals surface area contributed by atoms with Gasteiger partial charge in [-0.05, 0) is 25.6 Å². The minimum atomic E-state index is -0.554. The number of amides is 1. The highest BCUT2D eigenvalue weighted by Crippen LogP contribution is 2.22. The van der Waals surface area contributed by atoms with Crippen molar-refractivity contribution in [2.45, 2.75) is 12.5 Å². The van der Waals surface area contributed by atoms with Crippen molar-refractivity contribution in [3.63, 3.8) is 0 Å². The summed E-state index contributed by atoms with van der Waals surface area (Å²) in [4.78, 5) is 13.8. The van der Waals surface area contributed by atoms with E-state index in [1.165, 1.54) is 12.1 Å². The molecule has 3 nitrogen and oxygen atoms in total. The van der Waals surface area contributed by atoms with E-state index in [0.29, 0.717) is 19.1 Å². The fourth-order valence-electron chi connectivity index (χ4n) is 2.02. The molecular formula is C12H14ClFN2O. The number of halogens is 2. The van der Waals surface area contributed by atoms with Crippen molar-refractivity contribution >= 4 is 17.5 Å². The fourth-order valence-corrected chi connectivity index (χ4v) is 2.23. The normalized spacial score (nSPS) is 19.7. The Morgan fingerprint density at radius 3 is 3.00 bits per heavy atom. The van der Waals surface area contributed by atoms with Crippen LogP contribution in [0.15, 0.2) is 18.2 Å². The van der Waals surface area contributed by atoms with Crippen LogP contribution in [0.4, 0.5) is 4.39 Å². The third kappa shape index (κ3) is 2.42. The number of likely N-dealkylation sites (N-methyl/N-ethyl adjacent to an activating group) is 1. The molecule has 0 aliphatic carbocycles. The van der Waals surface area contributed by atoms with E-state index in [1.54, 1.807) is 11.0 Å². The lowest BCUT2D eigenvalue weighted by Crippen LogP contribution is -2.33. The third-order valence-corrected chi connectivity index (χ3v) is 3.45. The molecule has 0 unspecified atom stereocenters. The summed E-state index contributed by atoms with van der Waals surface area (Å²) in [6.45, 7) is 1.32. The number of likely N-dealkylation sites (tertiary alicyclic amines) is 1. The number of carbonyl (C=O) groups excluding carboxylic acids is 1. The summed E-state index contributed by atoms with van der Waals surface area (Å²) < 4.78 is 13.3. The average Bonchev–Trinajstić information content (AvgIpc) is 2.80. The quantitative estimate of drug-likeness (QED) is 0.877. The second-order valence-electron chi connectivity index (χ2n) is 4.13. The van der Waals surface area contributed by atoms with Gasteiger partial charge in [-0.3, -0.25) is 4.79 Å². The van der Waals surface area contributed by atoms with Crippen LogP contribution in [0.5, 0.6) is 0 Å². The molecule has 92 valence electrons. The van der Waals surface area contributed by atoms with Gasteiger partial charge in [-0.15, -0.1) is 0 Å². The van der Waals surface area contributed by atoms with E-state index >= 15 is 0 Å². The molecule has 0 bridgehead atoms. The molecule has 1 aromatic carbocycles. The first kappa shape index (κ1) is 12.3. The molecule has 0 aromatic heterocycles. The average molecular weight is 257 g/mol.